The average Bonchev–Trinajstić information content (AvgIpc) is 2.97. The van der Waals surface area contributed by atoms with Gasteiger partial charge in [0.1, 0.15) is 6.54 Å². The summed E-state index contributed by atoms with van der Waals surface area (Å²) < 4.78 is 1.75. The first-order valence-corrected chi connectivity index (χ1v) is 8.01. The van der Waals surface area contributed by atoms with E-state index in [1.807, 2.05) is 42.5 Å². The number of pyridine rings is 1. The molecule has 0 saturated heterocycles. The van der Waals surface area contributed by atoms with Crippen LogP contribution in [0.2, 0.25) is 0 Å². The summed E-state index contributed by atoms with van der Waals surface area (Å²) in [5.74, 6) is 0.905. The molecule has 0 spiro atoms. The Labute approximate surface area is 137 Å². The number of nitrogens with two attached hydrogens (primary N) is 1. The number of hydrogen-bond acceptors (Lipinski definition) is 5. The third kappa shape index (κ3) is 3.75. The van der Waals surface area contributed by atoms with Gasteiger partial charge in [0.2, 0.25) is 5.91 Å². The van der Waals surface area contributed by atoms with Gasteiger partial charge in [-0.2, -0.15) is 0 Å². The van der Waals surface area contributed by atoms with Gasteiger partial charge in [0.25, 0.3) is 0 Å². The van der Waals surface area contributed by atoms with Gasteiger partial charge in [0.15, 0.2) is 11.0 Å². The minimum absolute atomic E-state index is 0.0482. The zero-order valence-corrected chi connectivity index (χ0v) is 13.1. The second-order valence-electron chi connectivity index (χ2n) is 4.87. The van der Waals surface area contributed by atoms with E-state index in [1.165, 1.54) is 11.8 Å². The molecule has 7 heteroatoms. The van der Waals surface area contributed by atoms with Crippen molar-refractivity contribution in [2.24, 2.45) is 5.73 Å². The molecule has 3 aromatic rings. The summed E-state index contributed by atoms with van der Waals surface area (Å²) in [6, 6.07) is 13.5. The van der Waals surface area contributed by atoms with Crippen molar-refractivity contribution >= 4 is 17.7 Å². The monoisotopic (exact) mass is 325 g/mol. The van der Waals surface area contributed by atoms with Crippen molar-refractivity contribution in [2.75, 3.05) is 0 Å². The number of amides is 1. The highest BCUT2D eigenvalue weighted by atomic mass is 32.2. The molecule has 1 amide bonds. The summed E-state index contributed by atoms with van der Waals surface area (Å²) in [6.07, 6.45) is 3.54. The quantitative estimate of drug-likeness (QED) is 0.702. The molecule has 0 aliphatic heterocycles. The van der Waals surface area contributed by atoms with Gasteiger partial charge in [-0.25, -0.2) is 0 Å². The number of aromatic nitrogens is 4. The Bertz CT molecular complexity index is 789. The van der Waals surface area contributed by atoms with Gasteiger partial charge in [-0.05, 0) is 11.6 Å². The highest BCUT2D eigenvalue weighted by Crippen LogP contribution is 2.25. The summed E-state index contributed by atoms with van der Waals surface area (Å²) in [6.45, 7) is 0.0482. The van der Waals surface area contributed by atoms with Crippen molar-refractivity contribution < 1.29 is 4.79 Å². The Morgan fingerprint density at radius 2 is 1.96 bits per heavy atom. The van der Waals surface area contributed by atoms with Crippen LogP contribution in [0.25, 0.3) is 11.4 Å². The van der Waals surface area contributed by atoms with Gasteiger partial charge < -0.3 is 5.73 Å². The van der Waals surface area contributed by atoms with Crippen molar-refractivity contribution in [1.82, 2.24) is 19.7 Å². The van der Waals surface area contributed by atoms with Crippen LogP contribution in [0.1, 0.15) is 5.56 Å². The van der Waals surface area contributed by atoms with Crippen molar-refractivity contribution in [3.8, 4) is 11.4 Å². The largest absolute Gasteiger partial charge is 0.368 e. The van der Waals surface area contributed by atoms with E-state index in [-0.39, 0.29) is 6.54 Å². The minimum atomic E-state index is -0.426. The van der Waals surface area contributed by atoms with Gasteiger partial charge in [0.05, 0.1) is 0 Å². The SMILES string of the molecule is NC(=O)Cn1c(SCc2cccnc2)nnc1-c1ccccc1. The molecule has 2 aromatic heterocycles. The molecule has 0 unspecified atom stereocenters. The number of nitrogens with zero attached hydrogens (tertiary/aromatic N) is 4. The standard InChI is InChI=1S/C16H15N5OS/c17-14(22)10-21-15(13-6-2-1-3-7-13)19-20-16(21)23-11-12-5-4-8-18-9-12/h1-9H,10-11H2,(H2,17,22). The Morgan fingerprint density at radius 1 is 1.13 bits per heavy atom. The first-order valence-electron chi connectivity index (χ1n) is 7.02. The number of thioether (sulfide) groups is 1. The van der Waals surface area contributed by atoms with Gasteiger partial charge in [-0.15, -0.1) is 10.2 Å². The van der Waals surface area contributed by atoms with Crippen LogP contribution in [0.5, 0.6) is 0 Å². The van der Waals surface area contributed by atoms with Crippen LogP contribution in [0, 0.1) is 0 Å². The number of carbonyl (C=O) groups excluding carboxylic acids is 1. The average molecular weight is 325 g/mol. The predicted molar refractivity (Wildman–Crippen MR) is 88.5 cm³/mol. The molecular formula is C16H15N5OS. The molecule has 0 bridgehead atoms. The van der Waals surface area contributed by atoms with Crippen molar-refractivity contribution in [3.05, 3.63) is 60.4 Å². The zero-order valence-electron chi connectivity index (χ0n) is 12.3. The lowest BCUT2D eigenvalue weighted by Crippen LogP contribution is -2.20. The van der Waals surface area contributed by atoms with Crippen LogP contribution in [0.4, 0.5) is 0 Å². The van der Waals surface area contributed by atoms with Gasteiger partial charge in [-0.3, -0.25) is 14.3 Å². The molecule has 0 radical (unpaired) electrons. The van der Waals surface area contributed by atoms with Gasteiger partial charge in [0, 0.05) is 23.7 Å². The van der Waals surface area contributed by atoms with Crippen molar-refractivity contribution in [3.63, 3.8) is 0 Å². The highest BCUT2D eigenvalue weighted by molar-refractivity contribution is 7.98. The molecular weight excluding hydrogens is 310 g/mol. The lowest BCUT2D eigenvalue weighted by atomic mass is 10.2. The first-order chi connectivity index (χ1) is 11.2. The molecule has 0 fully saturated rings. The van der Waals surface area contributed by atoms with Gasteiger partial charge >= 0.3 is 0 Å². The smallest absolute Gasteiger partial charge is 0.237 e. The fourth-order valence-electron chi connectivity index (χ4n) is 2.13. The molecule has 6 nitrogen and oxygen atoms in total. The van der Waals surface area contributed by atoms with Crippen LogP contribution in [-0.2, 0) is 17.1 Å². The third-order valence-corrected chi connectivity index (χ3v) is 4.19. The molecule has 0 aliphatic carbocycles. The van der Waals surface area contributed by atoms with E-state index in [2.05, 4.69) is 15.2 Å². The lowest BCUT2D eigenvalue weighted by molar-refractivity contribution is -0.118. The van der Waals surface area contributed by atoms with Crippen LogP contribution >= 0.6 is 11.8 Å². The summed E-state index contributed by atoms with van der Waals surface area (Å²) in [5.41, 5.74) is 7.35. The molecule has 1 aromatic carbocycles. The van der Waals surface area contributed by atoms with Crippen LogP contribution in [-0.4, -0.2) is 25.7 Å². The van der Waals surface area contributed by atoms with Crippen molar-refractivity contribution in [1.29, 1.82) is 0 Å². The van der Waals surface area contributed by atoms with E-state index in [4.69, 9.17) is 5.73 Å². The van der Waals surface area contributed by atoms with E-state index in [0.717, 1.165) is 11.1 Å². The predicted octanol–water partition coefficient (Wildman–Crippen LogP) is 2.12. The molecule has 0 aliphatic rings. The minimum Gasteiger partial charge on any atom is -0.368 e. The Morgan fingerprint density at radius 3 is 2.65 bits per heavy atom. The molecule has 3 rings (SSSR count). The molecule has 0 saturated carbocycles. The number of rotatable bonds is 6. The van der Waals surface area contributed by atoms with E-state index >= 15 is 0 Å². The normalized spacial score (nSPS) is 10.6. The second kappa shape index (κ2) is 7.06. The lowest BCUT2D eigenvalue weighted by Gasteiger charge is -2.08. The Balaban J connectivity index is 1.88. The van der Waals surface area contributed by atoms with Gasteiger partial charge in [-0.1, -0.05) is 48.2 Å². The molecule has 2 N–H and O–H groups in total. The fourth-order valence-corrected chi connectivity index (χ4v) is 3.00. The third-order valence-electron chi connectivity index (χ3n) is 3.15. The molecule has 116 valence electrons. The maximum absolute atomic E-state index is 11.4. The highest BCUT2D eigenvalue weighted by Gasteiger charge is 2.15. The summed E-state index contributed by atoms with van der Waals surface area (Å²) in [7, 11) is 0. The van der Waals surface area contributed by atoms with E-state index in [9.17, 15) is 4.79 Å². The van der Waals surface area contributed by atoms with Crippen molar-refractivity contribution in [2.45, 2.75) is 17.5 Å². The topological polar surface area (TPSA) is 86.7 Å². The maximum atomic E-state index is 11.4. The Kier molecular flexibility index (Phi) is 4.68. The zero-order chi connectivity index (χ0) is 16.1. The van der Waals surface area contributed by atoms with Crippen LogP contribution < -0.4 is 5.73 Å². The molecule has 2 heterocycles. The van der Waals surface area contributed by atoms with E-state index in [1.54, 1.807) is 17.0 Å². The molecule has 0 atom stereocenters. The number of hydrogen-bond donors (Lipinski definition) is 1. The number of primary amides is 1. The van der Waals surface area contributed by atoms with Crippen LogP contribution in [0.15, 0.2) is 60.0 Å². The van der Waals surface area contributed by atoms with E-state index < -0.39 is 5.91 Å². The summed E-state index contributed by atoms with van der Waals surface area (Å²) in [4.78, 5) is 15.5. The summed E-state index contributed by atoms with van der Waals surface area (Å²) in [5, 5.41) is 9.09. The maximum Gasteiger partial charge on any atom is 0.237 e. The van der Waals surface area contributed by atoms with E-state index in [0.29, 0.717) is 16.7 Å². The second-order valence-corrected chi connectivity index (χ2v) is 5.82. The Hall–Kier alpha value is -2.67. The summed E-state index contributed by atoms with van der Waals surface area (Å²) >= 11 is 1.50. The fraction of sp³-hybridized carbons (Fsp3) is 0.125. The molecule has 23 heavy (non-hydrogen) atoms. The number of carbonyl (C=O) groups is 1. The van der Waals surface area contributed by atoms with Crippen LogP contribution in [0.3, 0.4) is 0 Å². The number of benzene rings is 1. The first kappa shape index (κ1) is 15.2.